The van der Waals surface area contributed by atoms with E-state index in [-0.39, 0.29) is 24.0 Å². The molecule has 2 aromatic rings. The predicted octanol–water partition coefficient (Wildman–Crippen LogP) is -0.160. The zero-order chi connectivity index (χ0) is 18.4. The fourth-order valence-corrected chi connectivity index (χ4v) is 3.43. The van der Waals surface area contributed by atoms with Gasteiger partial charge in [-0.1, -0.05) is 0 Å². The number of fused-ring (bicyclic) bond motifs is 1. The molecule has 2 saturated heterocycles. The van der Waals surface area contributed by atoms with Gasteiger partial charge < -0.3 is 4.90 Å². The van der Waals surface area contributed by atoms with Gasteiger partial charge in [0.05, 0.1) is 30.0 Å². The summed E-state index contributed by atoms with van der Waals surface area (Å²) in [5, 5.41) is 6.55. The summed E-state index contributed by atoms with van der Waals surface area (Å²) in [6.07, 6.45) is 3.88. The van der Waals surface area contributed by atoms with Crippen LogP contribution in [0.4, 0.5) is 10.3 Å². The van der Waals surface area contributed by atoms with Crippen molar-refractivity contribution in [1.29, 1.82) is 0 Å². The number of hydrogen-bond donors (Lipinski definition) is 1. The average Bonchev–Trinajstić information content (AvgIpc) is 3.27. The minimum absolute atomic E-state index is 0.0175. The lowest BCUT2D eigenvalue weighted by molar-refractivity contribution is -0.124. The summed E-state index contributed by atoms with van der Waals surface area (Å²) in [6.45, 7) is 0.644. The van der Waals surface area contributed by atoms with Gasteiger partial charge in [-0.15, -0.1) is 0 Å². The molecule has 4 rings (SSSR count). The minimum atomic E-state index is -1.45. The van der Waals surface area contributed by atoms with Crippen molar-refractivity contribution < 1.29 is 18.2 Å². The quantitative estimate of drug-likeness (QED) is 0.584. The maximum Gasteiger partial charge on any atom is 0.254 e. The Balaban J connectivity index is 1.85. The maximum atomic E-state index is 13.6. The predicted molar refractivity (Wildman–Crippen MR) is 90.6 cm³/mol. The third-order valence-electron chi connectivity index (χ3n) is 4.25. The molecule has 0 aliphatic carbocycles. The number of nitrogens with zero attached hydrogens (tertiary/aromatic N) is 5. The van der Waals surface area contributed by atoms with Crippen molar-refractivity contribution in [2.75, 3.05) is 24.2 Å². The molecular weight excluding hydrogens is 363 g/mol. The van der Waals surface area contributed by atoms with E-state index in [1.54, 1.807) is 4.90 Å². The molecule has 2 aliphatic heterocycles. The molecule has 1 N–H and O–H groups in total. The van der Waals surface area contributed by atoms with Crippen LogP contribution < -0.4 is 10.2 Å². The van der Waals surface area contributed by atoms with Gasteiger partial charge in [-0.25, -0.2) is 4.39 Å². The lowest BCUT2D eigenvalue weighted by Crippen LogP contribution is -2.25. The highest BCUT2D eigenvalue weighted by molar-refractivity contribution is 7.84. The number of hydrogen-bond acceptors (Lipinski definition) is 7. The molecule has 2 amide bonds. The van der Waals surface area contributed by atoms with Crippen LogP contribution in [0.15, 0.2) is 16.9 Å². The number of rotatable bonds is 3. The van der Waals surface area contributed by atoms with Crippen molar-refractivity contribution in [2.24, 2.45) is 0 Å². The third-order valence-corrected chi connectivity index (χ3v) is 4.95. The fraction of sp³-hybridized carbons (Fsp3) is 0.400. The van der Waals surface area contributed by atoms with Crippen molar-refractivity contribution in [3.63, 3.8) is 0 Å². The molecule has 9 nitrogen and oxygen atoms in total. The number of anilines is 1. The van der Waals surface area contributed by atoms with E-state index in [4.69, 9.17) is 0 Å². The molecule has 1 unspecified atom stereocenters. The van der Waals surface area contributed by atoms with Gasteiger partial charge >= 0.3 is 0 Å². The van der Waals surface area contributed by atoms with Gasteiger partial charge in [0, 0.05) is 23.9 Å². The molecule has 136 valence electrons. The van der Waals surface area contributed by atoms with Gasteiger partial charge in [0.1, 0.15) is 6.17 Å². The first-order valence-corrected chi connectivity index (χ1v) is 9.51. The Morgan fingerprint density at radius 3 is 2.81 bits per heavy atom. The largest absolute Gasteiger partial charge is 0.338 e. The Labute approximate surface area is 149 Å². The highest BCUT2D eigenvalue weighted by Gasteiger charge is 2.28. The van der Waals surface area contributed by atoms with Gasteiger partial charge in [-0.3, -0.25) is 19.1 Å². The number of halogens is 1. The van der Waals surface area contributed by atoms with Crippen LogP contribution in [0.25, 0.3) is 11.7 Å². The van der Waals surface area contributed by atoms with Gasteiger partial charge in [0.2, 0.25) is 17.0 Å². The van der Waals surface area contributed by atoms with E-state index in [1.165, 1.54) is 23.0 Å². The minimum Gasteiger partial charge on any atom is -0.338 e. The second-order valence-electron chi connectivity index (χ2n) is 6.15. The number of carbonyl (C=O) groups excluding carboxylic acids is 2. The van der Waals surface area contributed by atoms with Crippen LogP contribution in [-0.2, 0) is 20.4 Å². The first kappa shape index (κ1) is 16.8. The molecule has 0 aromatic carbocycles. The lowest BCUT2D eigenvalue weighted by Gasteiger charge is -2.17. The van der Waals surface area contributed by atoms with Crippen LogP contribution in [-0.4, -0.2) is 61.1 Å². The van der Waals surface area contributed by atoms with Crippen molar-refractivity contribution >= 4 is 40.3 Å². The second kappa shape index (κ2) is 6.24. The zero-order valence-corrected chi connectivity index (χ0v) is 14.6. The van der Waals surface area contributed by atoms with Gasteiger partial charge in [-0.05, 0) is 12.5 Å². The standard InChI is InChI=1S/C15H15FN6O3S/c1-26(25)14-19-12-9(4-8-5-11(23)18-13(8)24)6-17-22(12)15(20-14)21-3-2-10(16)7-21/h4,6,10H,2-3,5,7H2,1H3,(H,18,23,24)/b8-4+/t10-,26?/m0/s1. The summed E-state index contributed by atoms with van der Waals surface area (Å²) in [5.74, 6) is -0.464. The van der Waals surface area contributed by atoms with Crippen molar-refractivity contribution in [3.8, 4) is 0 Å². The fourth-order valence-electron chi connectivity index (χ4n) is 3.00. The number of alkyl halides is 1. The van der Waals surface area contributed by atoms with E-state index < -0.39 is 22.9 Å². The van der Waals surface area contributed by atoms with Crippen LogP contribution in [0.2, 0.25) is 0 Å². The Kier molecular flexibility index (Phi) is 4.02. The smallest absolute Gasteiger partial charge is 0.254 e. The third kappa shape index (κ3) is 2.87. The van der Waals surface area contributed by atoms with E-state index in [0.29, 0.717) is 35.7 Å². The van der Waals surface area contributed by atoms with Crippen LogP contribution in [0.5, 0.6) is 0 Å². The molecule has 2 aromatic heterocycles. The molecule has 0 radical (unpaired) electrons. The molecule has 11 heteroatoms. The number of imide groups is 1. The molecule has 26 heavy (non-hydrogen) atoms. The van der Waals surface area contributed by atoms with Crippen molar-refractivity contribution in [2.45, 2.75) is 24.2 Å². The zero-order valence-electron chi connectivity index (χ0n) is 13.8. The topological polar surface area (TPSA) is 110 Å². The maximum absolute atomic E-state index is 13.6. The van der Waals surface area contributed by atoms with E-state index in [1.807, 2.05) is 0 Å². The number of carbonyl (C=O) groups is 2. The Hall–Kier alpha value is -2.69. The summed E-state index contributed by atoms with van der Waals surface area (Å²) in [7, 11) is -1.45. The summed E-state index contributed by atoms with van der Waals surface area (Å²) in [4.78, 5) is 33.4. The highest BCUT2D eigenvalue weighted by atomic mass is 32.2. The van der Waals surface area contributed by atoms with Crippen LogP contribution >= 0.6 is 0 Å². The summed E-state index contributed by atoms with van der Waals surface area (Å²) < 4.78 is 27.0. The van der Waals surface area contributed by atoms with E-state index >= 15 is 0 Å². The highest BCUT2D eigenvalue weighted by Crippen LogP contribution is 2.24. The Morgan fingerprint density at radius 1 is 1.38 bits per heavy atom. The van der Waals surface area contributed by atoms with E-state index in [2.05, 4.69) is 20.4 Å². The van der Waals surface area contributed by atoms with E-state index in [9.17, 15) is 18.2 Å². The summed E-state index contributed by atoms with van der Waals surface area (Å²) >= 11 is 0. The summed E-state index contributed by atoms with van der Waals surface area (Å²) in [5.41, 5.74) is 1.15. The van der Waals surface area contributed by atoms with Gasteiger partial charge in [0.15, 0.2) is 5.65 Å². The van der Waals surface area contributed by atoms with Crippen molar-refractivity contribution in [1.82, 2.24) is 24.9 Å². The lowest BCUT2D eigenvalue weighted by atomic mass is 10.1. The molecule has 0 saturated carbocycles. The van der Waals surface area contributed by atoms with Crippen molar-refractivity contribution in [3.05, 3.63) is 17.3 Å². The first-order chi connectivity index (χ1) is 12.4. The number of nitrogens with one attached hydrogen (secondary N) is 1. The number of aromatic nitrogens is 4. The second-order valence-corrected chi connectivity index (χ2v) is 7.42. The van der Waals surface area contributed by atoms with Gasteiger partial charge in [0.25, 0.3) is 5.91 Å². The first-order valence-electron chi connectivity index (χ1n) is 7.95. The molecule has 4 heterocycles. The van der Waals surface area contributed by atoms with Crippen LogP contribution in [0.1, 0.15) is 18.4 Å². The monoisotopic (exact) mass is 378 g/mol. The molecule has 2 atom stereocenters. The SMILES string of the molecule is CS(=O)c1nc(N2CC[C@H](F)C2)n2ncc(/C=C3\CC(=O)NC3=O)c2n1. The molecule has 0 bridgehead atoms. The molecule has 0 spiro atoms. The van der Waals surface area contributed by atoms with Gasteiger partial charge in [-0.2, -0.15) is 19.6 Å². The molecular formula is C15H15FN6O3S. The van der Waals surface area contributed by atoms with Crippen LogP contribution in [0, 0.1) is 0 Å². The Bertz CT molecular complexity index is 987. The Morgan fingerprint density at radius 2 is 2.19 bits per heavy atom. The average molecular weight is 378 g/mol. The van der Waals surface area contributed by atoms with E-state index in [0.717, 1.165) is 0 Å². The number of amides is 2. The molecule has 2 aliphatic rings. The normalized spacial score (nSPS) is 23.2. The molecule has 2 fully saturated rings. The van der Waals surface area contributed by atoms with Crippen LogP contribution in [0.3, 0.4) is 0 Å². The summed E-state index contributed by atoms with van der Waals surface area (Å²) in [6, 6.07) is 0.